The molecule has 2 rings (SSSR count). The average Bonchev–Trinajstić information content (AvgIpc) is 2.79. The molecule has 0 radical (unpaired) electrons. The van der Waals surface area contributed by atoms with Crippen LogP contribution in [0.4, 0.5) is 5.69 Å². The van der Waals surface area contributed by atoms with Crippen molar-refractivity contribution in [1.82, 2.24) is 9.97 Å². The van der Waals surface area contributed by atoms with Crippen molar-refractivity contribution >= 4 is 34.5 Å². The van der Waals surface area contributed by atoms with Crippen LogP contribution in [0.25, 0.3) is 11.0 Å². The lowest BCUT2D eigenvalue weighted by Crippen LogP contribution is -2.02. The van der Waals surface area contributed by atoms with Gasteiger partial charge in [0.25, 0.3) is 0 Å². The summed E-state index contributed by atoms with van der Waals surface area (Å²) in [5.41, 5.74) is 8.35. The number of H-pyrrole nitrogens is 1. The summed E-state index contributed by atoms with van der Waals surface area (Å²) < 4.78 is 4.58. The topological polar surface area (TPSA) is 81.0 Å². The number of carbonyl (C=O) groups excluding carboxylic acids is 1. The highest BCUT2D eigenvalue weighted by Gasteiger charge is 2.04. The van der Waals surface area contributed by atoms with Gasteiger partial charge >= 0.3 is 5.97 Å². The Morgan fingerprint density at radius 2 is 2.32 bits per heavy atom. The van der Waals surface area contributed by atoms with Crippen molar-refractivity contribution in [2.75, 3.05) is 24.3 Å². The van der Waals surface area contributed by atoms with Crippen molar-refractivity contribution < 1.29 is 9.53 Å². The highest BCUT2D eigenvalue weighted by Crippen LogP contribution is 2.16. The fourth-order valence-electron chi connectivity index (χ4n) is 1.73. The number of nitrogens with two attached hydrogens (primary N) is 1. The van der Waals surface area contributed by atoms with E-state index in [4.69, 9.17) is 5.73 Å². The number of ether oxygens (including phenoxy) is 1. The zero-order valence-corrected chi connectivity index (χ0v) is 11.6. The van der Waals surface area contributed by atoms with Gasteiger partial charge in [0.05, 0.1) is 24.6 Å². The third kappa shape index (κ3) is 3.89. The van der Waals surface area contributed by atoms with Crippen LogP contribution in [-0.2, 0) is 16.0 Å². The van der Waals surface area contributed by atoms with Crippen LogP contribution in [0, 0.1) is 0 Å². The number of esters is 1. The molecule has 0 aliphatic carbocycles. The van der Waals surface area contributed by atoms with E-state index in [1.807, 2.05) is 18.2 Å². The maximum Gasteiger partial charge on any atom is 0.306 e. The van der Waals surface area contributed by atoms with E-state index in [2.05, 4.69) is 14.7 Å². The number of nitrogen functional groups attached to an aromatic ring is 1. The molecule has 5 nitrogen and oxygen atoms in total. The number of fused-ring (bicyclic) bond motifs is 1. The van der Waals surface area contributed by atoms with Crippen molar-refractivity contribution in [3.8, 4) is 0 Å². The van der Waals surface area contributed by atoms with Crippen LogP contribution >= 0.6 is 11.8 Å². The fourth-order valence-corrected chi connectivity index (χ4v) is 2.58. The SMILES string of the molecule is COC(=O)CCSCCc1nc2ccc(N)cc2[nH]1. The average molecular weight is 279 g/mol. The molecule has 102 valence electrons. The van der Waals surface area contributed by atoms with Crippen LogP contribution in [0.3, 0.4) is 0 Å². The number of nitrogens with one attached hydrogen (secondary N) is 1. The molecule has 0 saturated carbocycles. The van der Waals surface area contributed by atoms with E-state index in [1.165, 1.54) is 7.11 Å². The van der Waals surface area contributed by atoms with Gasteiger partial charge in [0, 0.05) is 23.6 Å². The Morgan fingerprint density at radius 1 is 1.47 bits per heavy atom. The zero-order valence-electron chi connectivity index (χ0n) is 10.8. The van der Waals surface area contributed by atoms with Gasteiger partial charge in [-0.1, -0.05) is 0 Å². The maximum absolute atomic E-state index is 10.9. The number of hydrogen-bond acceptors (Lipinski definition) is 5. The predicted octanol–water partition coefficient (Wildman–Crippen LogP) is 1.98. The van der Waals surface area contributed by atoms with Gasteiger partial charge in [-0.2, -0.15) is 11.8 Å². The molecular formula is C13H17N3O2S. The second-order valence-electron chi connectivity index (χ2n) is 4.15. The first kappa shape index (κ1) is 13.7. The fraction of sp³-hybridized carbons (Fsp3) is 0.385. The molecule has 1 heterocycles. The van der Waals surface area contributed by atoms with Crippen LogP contribution in [0.2, 0.25) is 0 Å². The van der Waals surface area contributed by atoms with Crippen molar-refractivity contribution in [2.45, 2.75) is 12.8 Å². The van der Waals surface area contributed by atoms with Gasteiger partial charge in [-0.05, 0) is 18.2 Å². The Labute approximate surface area is 115 Å². The van der Waals surface area contributed by atoms with Gasteiger partial charge in [-0.3, -0.25) is 4.79 Å². The van der Waals surface area contributed by atoms with Gasteiger partial charge in [-0.25, -0.2) is 4.98 Å². The number of anilines is 1. The monoisotopic (exact) mass is 279 g/mol. The number of benzene rings is 1. The molecule has 0 aliphatic rings. The number of rotatable bonds is 6. The number of nitrogens with zero attached hydrogens (tertiary/aromatic N) is 1. The molecule has 0 amide bonds. The minimum absolute atomic E-state index is 0.160. The molecular weight excluding hydrogens is 262 g/mol. The molecule has 0 unspecified atom stereocenters. The van der Waals surface area contributed by atoms with Gasteiger partial charge in [0.1, 0.15) is 5.82 Å². The first-order valence-corrected chi connectivity index (χ1v) is 7.23. The molecule has 1 aromatic carbocycles. The quantitative estimate of drug-likeness (QED) is 0.480. The van der Waals surface area contributed by atoms with E-state index in [9.17, 15) is 4.79 Å². The molecule has 0 fully saturated rings. The lowest BCUT2D eigenvalue weighted by molar-refractivity contribution is -0.140. The number of imidazole rings is 1. The van der Waals surface area contributed by atoms with Crippen LogP contribution in [0.1, 0.15) is 12.2 Å². The lowest BCUT2D eigenvalue weighted by atomic mass is 10.3. The molecule has 0 bridgehead atoms. The summed E-state index contributed by atoms with van der Waals surface area (Å²) in [4.78, 5) is 18.7. The van der Waals surface area contributed by atoms with E-state index < -0.39 is 0 Å². The molecule has 3 N–H and O–H groups in total. The summed E-state index contributed by atoms with van der Waals surface area (Å²) in [7, 11) is 1.41. The van der Waals surface area contributed by atoms with Crippen molar-refractivity contribution in [1.29, 1.82) is 0 Å². The standard InChI is InChI=1S/C13H17N3O2S/c1-18-13(17)5-7-19-6-4-12-15-10-3-2-9(14)8-11(10)16-12/h2-3,8H,4-7,14H2,1H3,(H,15,16). The molecule has 19 heavy (non-hydrogen) atoms. The van der Waals surface area contributed by atoms with Crippen LogP contribution in [0.15, 0.2) is 18.2 Å². The van der Waals surface area contributed by atoms with Gasteiger partial charge in [0.2, 0.25) is 0 Å². The Kier molecular flexibility index (Phi) is 4.68. The first-order chi connectivity index (χ1) is 9.19. The molecule has 0 atom stereocenters. The molecule has 1 aromatic heterocycles. The van der Waals surface area contributed by atoms with E-state index in [-0.39, 0.29) is 5.97 Å². The Bertz CT molecular complexity index is 568. The summed E-state index contributed by atoms with van der Waals surface area (Å²) >= 11 is 1.72. The number of aryl methyl sites for hydroxylation is 1. The largest absolute Gasteiger partial charge is 0.469 e. The number of thioether (sulfide) groups is 1. The third-order valence-corrected chi connectivity index (χ3v) is 3.70. The number of hydrogen-bond donors (Lipinski definition) is 2. The summed E-state index contributed by atoms with van der Waals surface area (Å²) in [6.07, 6.45) is 1.30. The predicted molar refractivity (Wildman–Crippen MR) is 78.2 cm³/mol. The highest BCUT2D eigenvalue weighted by molar-refractivity contribution is 7.99. The summed E-state index contributed by atoms with van der Waals surface area (Å²) in [6, 6.07) is 5.64. The van der Waals surface area contributed by atoms with Gasteiger partial charge in [-0.15, -0.1) is 0 Å². The Hall–Kier alpha value is -1.69. The van der Waals surface area contributed by atoms with Gasteiger partial charge in [0.15, 0.2) is 0 Å². The van der Waals surface area contributed by atoms with Crippen molar-refractivity contribution in [3.05, 3.63) is 24.0 Å². The Balaban J connectivity index is 1.80. The lowest BCUT2D eigenvalue weighted by Gasteiger charge is -1.99. The molecule has 0 aliphatic heterocycles. The number of aromatic nitrogens is 2. The third-order valence-electron chi connectivity index (χ3n) is 2.72. The Morgan fingerprint density at radius 3 is 3.11 bits per heavy atom. The van der Waals surface area contributed by atoms with E-state index in [0.717, 1.165) is 40.5 Å². The van der Waals surface area contributed by atoms with Crippen LogP contribution < -0.4 is 5.73 Å². The summed E-state index contributed by atoms with van der Waals surface area (Å²) in [5.74, 6) is 2.49. The maximum atomic E-state index is 10.9. The van der Waals surface area contributed by atoms with Gasteiger partial charge < -0.3 is 15.5 Å². The minimum Gasteiger partial charge on any atom is -0.469 e. The first-order valence-electron chi connectivity index (χ1n) is 6.07. The van der Waals surface area contributed by atoms with E-state index >= 15 is 0 Å². The van der Waals surface area contributed by atoms with Crippen molar-refractivity contribution in [2.24, 2.45) is 0 Å². The zero-order chi connectivity index (χ0) is 13.7. The number of carbonyl (C=O) groups is 1. The van der Waals surface area contributed by atoms with E-state index in [1.54, 1.807) is 11.8 Å². The second kappa shape index (κ2) is 6.47. The summed E-state index contributed by atoms with van der Waals surface area (Å²) in [6.45, 7) is 0. The minimum atomic E-state index is -0.160. The van der Waals surface area contributed by atoms with Crippen LogP contribution in [-0.4, -0.2) is 34.6 Å². The number of aromatic amines is 1. The van der Waals surface area contributed by atoms with Crippen molar-refractivity contribution in [3.63, 3.8) is 0 Å². The van der Waals surface area contributed by atoms with E-state index in [0.29, 0.717) is 6.42 Å². The molecule has 6 heteroatoms. The molecule has 0 spiro atoms. The normalized spacial score (nSPS) is 10.8. The molecule has 0 saturated heterocycles. The van der Waals surface area contributed by atoms with Crippen LogP contribution in [0.5, 0.6) is 0 Å². The second-order valence-corrected chi connectivity index (χ2v) is 5.37. The number of methoxy groups -OCH3 is 1. The highest BCUT2D eigenvalue weighted by atomic mass is 32.2. The smallest absolute Gasteiger partial charge is 0.306 e. The summed E-state index contributed by atoms with van der Waals surface area (Å²) in [5, 5.41) is 0. The molecule has 2 aromatic rings.